The highest BCUT2D eigenvalue weighted by Crippen LogP contribution is 2.26. The Labute approximate surface area is 158 Å². The Morgan fingerprint density at radius 1 is 0.852 bits per heavy atom. The standard InChI is InChI=1S/C24H20NO2/c1-18-11-13-21(14-12-18)27-24-22-10-6-5-7-19(22)15-16-25(24)17-23(26)20-8-3-2-4-9-20/h2-16H,17H2,1H3/q+1. The van der Waals surface area contributed by atoms with Gasteiger partial charge in [0.1, 0.15) is 5.75 Å². The number of fused-ring (bicyclic) bond motifs is 1. The van der Waals surface area contributed by atoms with Crippen LogP contribution in [0.2, 0.25) is 0 Å². The van der Waals surface area contributed by atoms with Crippen molar-refractivity contribution in [1.29, 1.82) is 0 Å². The number of ketones is 1. The summed E-state index contributed by atoms with van der Waals surface area (Å²) in [6, 6.07) is 27.3. The average Bonchev–Trinajstić information content (AvgIpc) is 2.72. The molecule has 0 radical (unpaired) electrons. The third-order valence-electron chi connectivity index (χ3n) is 4.53. The lowest BCUT2D eigenvalue weighted by atomic mass is 10.1. The van der Waals surface area contributed by atoms with E-state index < -0.39 is 0 Å². The van der Waals surface area contributed by atoms with Crippen LogP contribution in [0.5, 0.6) is 11.6 Å². The number of Topliss-reactive ketones (excluding diaryl/α,β-unsaturated/α-hetero) is 1. The summed E-state index contributed by atoms with van der Waals surface area (Å²) in [4.78, 5) is 12.7. The van der Waals surface area contributed by atoms with E-state index in [9.17, 15) is 4.79 Å². The number of aromatic nitrogens is 1. The molecule has 0 unspecified atom stereocenters. The van der Waals surface area contributed by atoms with Gasteiger partial charge in [0.25, 0.3) is 0 Å². The van der Waals surface area contributed by atoms with Crippen molar-refractivity contribution in [2.75, 3.05) is 0 Å². The normalized spacial score (nSPS) is 10.7. The highest BCUT2D eigenvalue weighted by Gasteiger charge is 2.21. The first kappa shape index (κ1) is 17.0. The molecule has 0 aliphatic heterocycles. The number of hydrogen-bond acceptors (Lipinski definition) is 2. The minimum Gasteiger partial charge on any atom is -0.405 e. The lowest BCUT2D eigenvalue weighted by molar-refractivity contribution is -0.685. The number of benzene rings is 3. The van der Waals surface area contributed by atoms with Crippen molar-refractivity contribution in [2.45, 2.75) is 13.5 Å². The summed E-state index contributed by atoms with van der Waals surface area (Å²) in [7, 11) is 0. The van der Waals surface area contributed by atoms with E-state index in [0.29, 0.717) is 11.4 Å². The van der Waals surface area contributed by atoms with Gasteiger partial charge in [-0.1, -0.05) is 66.2 Å². The summed E-state index contributed by atoms with van der Waals surface area (Å²) in [5.41, 5.74) is 1.87. The molecule has 0 bridgehead atoms. The first-order valence-corrected chi connectivity index (χ1v) is 8.95. The molecule has 4 aromatic rings. The van der Waals surface area contributed by atoms with Crippen LogP contribution in [0.3, 0.4) is 0 Å². The zero-order chi connectivity index (χ0) is 18.6. The predicted octanol–water partition coefficient (Wildman–Crippen LogP) is 5.11. The molecule has 0 N–H and O–H groups in total. The Morgan fingerprint density at radius 2 is 1.56 bits per heavy atom. The van der Waals surface area contributed by atoms with Crippen LogP contribution in [0, 0.1) is 6.92 Å². The van der Waals surface area contributed by atoms with Crippen LogP contribution < -0.4 is 9.30 Å². The fourth-order valence-electron chi connectivity index (χ4n) is 3.06. The minimum atomic E-state index is 0.0460. The fraction of sp³-hybridized carbons (Fsp3) is 0.0833. The van der Waals surface area contributed by atoms with Gasteiger partial charge in [-0.2, -0.15) is 4.57 Å². The molecule has 0 aliphatic rings. The molecule has 0 atom stereocenters. The lowest BCUT2D eigenvalue weighted by Crippen LogP contribution is -2.39. The van der Waals surface area contributed by atoms with Crippen LogP contribution in [0.25, 0.3) is 10.8 Å². The van der Waals surface area contributed by atoms with E-state index in [1.165, 1.54) is 5.56 Å². The van der Waals surface area contributed by atoms with Gasteiger partial charge in [0.05, 0.1) is 5.39 Å². The minimum absolute atomic E-state index is 0.0460. The van der Waals surface area contributed by atoms with Gasteiger partial charge in [0, 0.05) is 11.6 Å². The summed E-state index contributed by atoms with van der Waals surface area (Å²) < 4.78 is 8.10. The van der Waals surface area contributed by atoms with Gasteiger partial charge in [-0.3, -0.25) is 4.79 Å². The number of aryl methyl sites for hydroxylation is 1. The van der Waals surface area contributed by atoms with Crippen molar-refractivity contribution in [3.8, 4) is 11.6 Å². The largest absolute Gasteiger partial charge is 0.405 e. The number of carbonyl (C=O) groups is 1. The number of hydrogen-bond donors (Lipinski definition) is 0. The average molecular weight is 354 g/mol. The molecular weight excluding hydrogens is 334 g/mol. The number of nitrogens with zero attached hydrogens (tertiary/aromatic N) is 1. The van der Waals surface area contributed by atoms with Gasteiger partial charge < -0.3 is 4.74 Å². The quantitative estimate of drug-likeness (QED) is 0.368. The molecule has 132 valence electrons. The van der Waals surface area contributed by atoms with Crippen molar-refractivity contribution in [3.63, 3.8) is 0 Å². The molecule has 3 aromatic carbocycles. The number of carbonyl (C=O) groups excluding carboxylic acids is 1. The van der Waals surface area contributed by atoms with E-state index in [-0.39, 0.29) is 12.3 Å². The van der Waals surface area contributed by atoms with Crippen molar-refractivity contribution in [1.82, 2.24) is 0 Å². The van der Waals surface area contributed by atoms with Crippen LogP contribution in [0.4, 0.5) is 0 Å². The molecule has 0 aliphatic carbocycles. The Morgan fingerprint density at radius 3 is 2.33 bits per heavy atom. The maximum Gasteiger partial charge on any atom is 0.381 e. The van der Waals surface area contributed by atoms with Crippen molar-refractivity contribution in [3.05, 3.63) is 102 Å². The molecule has 0 fully saturated rings. The number of pyridine rings is 1. The predicted molar refractivity (Wildman–Crippen MR) is 106 cm³/mol. The Balaban J connectivity index is 1.75. The van der Waals surface area contributed by atoms with Gasteiger partial charge in [-0.15, -0.1) is 0 Å². The maximum atomic E-state index is 12.7. The number of rotatable bonds is 5. The summed E-state index contributed by atoms with van der Waals surface area (Å²) in [6.45, 7) is 2.26. The monoisotopic (exact) mass is 354 g/mol. The molecule has 3 heteroatoms. The van der Waals surface area contributed by atoms with Crippen molar-refractivity contribution in [2.24, 2.45) is 0 Å². The van der Waals surface area contributed by atoms with Crippen LogP contribution in [0.15, 0.2) is 91.1 Å². The van der Waals surface area contributed by atoms with Gasteiger partial charge in [-0.25, -0.2) is 0 Å². The van der Waals surface area contributed by atoms with Crippen molar-refractivity contribution >= 4 is 16.6 Å². The lowest BCUT2D eigenvalue weighted by Gasteiger charge is -2.09. The second-order valence-electron chi connectivity index (χ2n) is 6.54. The topological polar surface area (TPSA) is 30.2 Å². The van der Waals surface area contributed by atoms with Crippen molar-refractivity contribution < 1.29 is 14.1 Å². The maximum absolute atomic E-state index is 12.7. The van der Waals surface area contributed by atoms with E-state index >= 15 is 0 Å². The summed E-state index contributed by atoms with van der Waals surface area (Å²) in [6.07, 6.45) is 1.91. The van der Waals surface area contributed by atoms with Gasteiger partial charge in [0.2, 0.25) is 12.3 Å². The molecular formula is C24H20NO2+. The molecule has 0 saturated carbocycles. The SMILES string of the molecule is Cc1ccc(Oc2c3ccccc3cc[n+]2CC(=O)c2ccccc2)cc1. The molecule has 0 amide bonds. The zero-order valence-corrected chi connectivity index (χ0v) is 15.1. The highest BCUT2D eigenvalue weighted by molar-refractivity contribution is 5.95. The first-order chi connectivity index (χ1) is 13.2. The molecule has 1 aromatic heterocycles. The fourth-order valence-corrected chi connectivity index (χ4v) is 3.06. The smallest absolute Gasteiger partial charge is 0.381 e. The second-order valence-corrected chi connectivity index (χ2v) is 6.54. The summed E-state index contributed by atoms with van der Waals surface area (Å²) in [5, 5.41) is 2.05. The molecule has 27 heavy (non-hydrogen) atoms. The third kappa shape index (κ3) is 3.72. The molecule has 0 saturated heterocycles. The van der Waals surface area contributed by atoms with E-state index in [4.69, 9.17) is 4.74 Å². The van der Waals surface area contributed by atoms with Gasteiger partial charge in [-0.05, 0) is 30.5 Å². The Hall–Kier alpha value is -3.46. The summed E-state index contributed by atoms with van der Waals surface area (Å²) >= 11 is 0. The second kappa shape index (κ2) is 7.42. The highest BCUT2D eigenvalue weighted by atomic mass is 16.5. The van der Waals surface area contributed by atoms with Crippen LogP contribution >= 0.6 is 0 Å². The Bertz CT molecular complexity index is 1090. The van der Waals surface area contributed by atoms with Crippen LogP contribution in [0.1, 0.15) is 15.9 Å². The van der Waals surface area contributed by atoms with Gasteiger partial charge >= 0.3 is 5.88 Å². The molecule has 1 heterocycles. The third-order valence-corrected chi connectivity index (χ3v) is 4.53. The van der Waals surface area contributed by atoms with E-state index in [1.54, 1.807) is 0 Å². The van der Waals surface area contributed by atoms with E-state index in [0.717, 1.165) is 16.5 Å². The molecule has 0 spiro atoms. The van der Waals surface area contributed by atoms with E-state index in [1.807, 2.05) is 103 Å². The Kier molecular flexibility index (Phi) is 4.67. The number of ether oxygens (including phenoxy) is 1. The van der Waals surface area contributed by atoms with E-state index in [2.05, 4.69) is 0 Å². The molecule has 3 nitrogen and oxygen atoms in total. The van der Waals surface area contributed by atoms with Gasteiger partial charge in [0.15, 0.2) is 6.20 Å². The molecule has 4 rings (SSSR count). The van der Waals surface area contributed by atoms with Crippen LogP contribution in [-0.4, -0.2) is 5.78 Å². The van der Waals surface area contributed by atoms with Crippen LogP contribution in [-0.2, 0) is 6.54 Å². The summed E-state index contributed by atoms with van der Waals surface area (Å²) in [5.74, 6) is 1.46. The first-order valence-electron chi connectivity index (χ1n) is 8.95. The zero-order valence-electron chi connectivity index (χ0n) is 15.1.